The van der Waals surface area contributed by atoms with Gasteiger partial charge in [-0.2, -0.15) is 0 Å². The van der Waals surface area contributed by atoms with Gasteiger partial charge in [0, 0.05) is 16.8 Å². The Bertz CT molecular complexity index is 888. The summed E-state index contributed by atoms with van der Waals surface area (Å²) in [7, 11) is 0. The van der Waals surface area contributed by atoms with Crippen LogP contribution in [-0.2, 0) is 19.4 Å². The molecule has 1 aliphatic rings. The second-order valence-electron chi connectivity index (χ2n) is 6.02. The van der Waals surface area contributed by atoms with Gasteiger partial charge in [-0.1, -0.05) is 30.3 Å². The quantitative estimate of drug-likeness (QED) is 0.735. The molecular weight excluding hydrogens is 352 g/mol. The Morgan fingerprint density at radius 3 is 2.88 bits per heavy atom. The van der Waals surface area contributed by atoms with Crippen molar-refractivity contribution in [1.29, 1.82) is 0 Å². The number of amides is 1. The number of carbonyl (C=O) groups is 1. The van der Waals surface area contributed by atoms with Gasteiger partial charge in [0.15, 0.2) is 5.13 Å². The fourth-order valence-electron chi connectivity index (χ4n) is 3.11. The molecule has 0 aliphatic heterocycles. The van der Waals surface area contributed by atoms with Crippen LogP contribution in [0.1, 0.15) is 44.0 Å². The zero-order valence-electron chi connectivity index (χ0n) is 13.6. The molecule has 1 unspecified atom stereocenters. The molecule has 2 heterocycles. The van der Waals surface area contributed by atoms with Crippen LogP contribution in [-0.4, -0.2) is 15.9 Å². The van der Waals surface area contributed by atoms with E-state index in [0.717, 1.165) is 30.0 Å². The number of carbonyl (C=O) groups excluding carboxylic acids is 1. The summed E-state index contributed by atoms with van der Waals surface area (Å²) in [4.78, 5) is 22.4. The van der Waals surface area contributed by atoms with E-state index in [4.69, 9.17) is 5.73 Å². The van der Waals surface area contributed by atoms with Gasteiger partial charge in [-0.15, -0.1) is 22.7 Å². The van der Waals surface area contributed by atoms with Crippen molar-refractivity contribution in [3.63, 3.8) is 0 Å². The van der Waals surface area contributed by atoms with E-state index in [2.05, 4.69) is 39.6 Å². The Morgan fingerprint density at radius 1 is 1.28 bits per heavy atom. The third-order valence-corrected chi connectivity index (χ3v) is 6.30. The van der Waals surface area contributed by atoms with Crippen molar-refractivity contribution in [2.24, 2.45) is 5.73 Å². The lowest BCUT2D eigenvalue weighted by atomic mass is 9.85. The summed E-state index contributed by atoms with van der Waals surface area (Å²) >= 11 is 2.98. The van der Waals surface area contributed by atoms with Crippen LogP contribution in [0.2, 0.25) is 0 Å². The lowest BCUT2D eigenvalue weighted by Gasteiger charge is -2.21. The molecule has 0 saturated carbocycles. The zero-order chi connectivity index (χ0) is 17.2. The zero-order valence-corrected chi connectivity index (χ0v) is 15.2. The van der Waals surface area contributed by atoms with E-state index >= 15 is 0 Å². The molecule has 128 valence electrons. The third kappa shape index (κ3) is 3.49. The molecule has 25 heavy (non-hydrogen) atoms. The summed E-state index contributed by atoms with van der Waals surface area (Å²) in [6.07, 6.45) is 3.04. The van der Waals surface area contributed by atoms with Gasteiger partial charge in [0.05, 0.1) is 5.69 Å². The maximum absolute atomic E-state index is 12.3. The first-order chi connectivity index (χ1) is 12.2. The van der Waals surface area contributed by atoms with E-state index in [-0.39, 0.29) is 5.91 Å². The number of thiazole rings is 2. The second kappa shape index (κ2) is 7.03. The maximum atomic E-state index is 12.3. The number of aryl methyl sites for hydroxylation is 1. The largest absolute Gasteiger partial charge is 0.325 e. The fourth-order valence-corrected chi connectivity index (χ4v) is 4.85. The lowest BCUT2D eigenvalue weighted by Crippen LogP contribution is -2.13. The van der Waals surface area contributed by atoms with Gasteiger partial charge >= 0.3 is 0 Å². The molecule has 5 nitrogen and oxygen atoms in total. The van der Waals surface area contributed by atoms with Crippen LogP contribution >= 0.6 is 22.7 Å². The number of nitrogens with two attached hydrogens (primary N) is 1. The summed E-state index contributed by atoms with van der Waals surface area (Å²) in [5, 5.41) is 6.03. The van der Waals surface area contributed by atoms with Crippen LogP contribution in [0.15, 0.2) is 35.7 Å². The minimum Gasteiger partial charge on any atom is -0.325 e. The number of rotatable bonds is 4. The third-order valence-electron chi connectivity index (χ3n) is 4.39. The van der Waals surface area contributed by atoms with Gasteiger partial charge in [0.1, 0.15) is 10.7 Å². The normalized spacial score (nSPS) is 16.4. The highest BCUT2D eigenvalue weighted by Gasteiger charge is 2.24. The van der Waals surface area contributed by atoms with Gasteiger partial charge in [0.25, 0.3) is 5.91 Å². The molecule has 3 N–H and O–H groups in total. The standard InChI is InChI=1S/C18H18N4OS2/c19-9-16-20-14(10-24-16)17(23)22-18-21-13-7-6-12(8-15(13)25-18)11-4-2-1-3-5-11/h1-5,10,12H,6-9,19H2,(H,21,22,23). The fraction of sp³-hybridized carbons (Fsp3) is 0.278. The van der Waals surface area contributed by atoms with Gasteiger partial charge in [-0.05, 0) is 30.7 Å². The van der Waals surface area contributed by atoms with Gasteiger partial charge in [-0.25, -0.2) is 9.97 Å². The molecule has 1 atom stereocenters. The Labute approximate surface area is 154 Å². The first-order valence-electron chi connectivity index (χ1n) is 8.22. The van der Waals surface area contributed by atoms with Gasteiger partial charge in [0.2, 0.25) is 0 Å². The molecule has 0 saturated heterocycles. The Hall–Kier alpha value is -2.09. The molecule has 0 radical (unpaired) electrons. The number of aromatic nitrogens is 2. The highest BCUT2D eigenvalue weighted by Crippen LogP contribution is 2.37. The van der Waals surface area contributed by atoms with Gasteiger partial charge in [-0.3, -0.25) is 10.1 Å². The lowest BCUT2D eigenvalue weighted by molar-refractivity contribution is 0.102. The van der Waals surface area contributed by atoms with E-state index in [1.165, 1.54) is 21.8 Å². The van der Waals surface area contributed by atoms with E-state index in [9.17, 15) is 4.79 Å². The van der Waals surface area contributed by atoms with Crippen molar-refractivity contribution >= 4 is 33.7 Å². The van der Waals surface area contributed by atoms with Crippen LogP contribution in [0, 0.1) is 0 Å². The highest BCUT2D eigenvalue weighted by molar-refractivity contribution is 7.16. The Morgan fingerprint density at radius 2 is 2.12 bits per heavy atom. The molecular formula is C18H18N4OS2. The Balaban J connectivity index is 1.47. The molecule has 4 rings (SSSR count). The van der Waals surface area contributed by atoms with E-state index < -0.39 is 0 Å². The highest BCUT2D eigenvalue weighted by atomic mass is 32.1. The van der Waals surface area contributed by atoms with Gasteiger partial charge < -0.3 is 5.73 Å². The first kappa shape index (κ1) is 16.4. The topological polar surface area (TPSA) is 80.9 Å². The number of benzene rings is 1. The number of hydrogen-bond donors (Lipinski definition) is 2. The average Bonchev–Trinajstić information content (AvgIpc) is 3.28. The number of nitrogens with zero attached hydrogens (tertiary/aromatic N) is 2. The number of hydrogen-bond acceptors (Lipinski definition) is 6. The van der Waals surface area contributed by atoms with Crippen molar-refractivity contribution in [3.8, 4) is 0 Å². The van der Waals surface area contributed by atoms with Crippen LogP contribution in [0.25, 0.3) is 0 Å². The number of nitrogens with one attached hydrogen (secondary N) is 1. The molecule has 2 aromatic heterocycles. The van der Waals surface area contributed by atoms with Crippen LogP contribution in [0.4, 0.5) is 5.13 Å². The van der Waals surface area contributed by atoms with Crippen LogP contribution < -0.4 is 11.1 Å². The smallest absolute Gasteiger partial charge is 0.276 e. The van der Waals surface area contributed by atoms with Crippen LogP contribution in [0.5, 0.6) is 0 Å². The predicted molar refractivity (Wildman–Crippen MR) is 101 cm³/mol. The monoisotopic (exact) mass is 370 g/mol. The van der Waals surface area contributed by atoms with Crippen molar-refractivity contribution in [2.75, 3.05) is 5.32 Å². The molecule has 7 heteroatoms. The number of fused-ring (bicyclic) bond motifs is 1. The SMILES string of the molecule is NCc1nc(C(=O)Nc2nc3c(s2)CC(c2ccccc2)CC3)cs1. The minimum atomic E-state index is -0.221. The molecule has 3 aromatic rings. The second-order valence-corrected chi connectivity index (χ2v) is 8.05. The van der Waals surface area contributed by atoms with Crippen molar-refractivity contribution < 1.29 is 4.79 Å². The summed E-state index contributed by atoms with van der Waals surface area (Å²) in [6, 6.07) is 10.6. The van der Waals surface area contributed by atoms with Crippen LogP contribution in [0.3, 0.4) is 0 Å². The van der Waals surface area contributed by atoms with E-state index in [1.54, 1.807) is 16.7 Å². The van der Waals surface area contributed by atoms with E-state index in [1.807, 2.05) is 6.07 Å². The molecule has 0 bridgehead atoms. The molecule has 0 fully saturated rings. The average molecular weight is 371 g/mol. The van der Waals surface area contributed by atoms with Crippen molar-refractivity contribution in [2.45, 2.75) is 31.7 Å². The molecule has 1 amide bonds. The maximum Gasteiger partial charge on any atom is 0.276 e. The predicted octanol–water partition coefficient (Wildman–Crippen LogP) is 3.58. The van der Waals surface area contributed by atoms with Crippen molar-refractivity contribution in [3.05, 3.63) is 62.5 Å². The molecule has 1 aliphatic carbocycles. The van der Waals surface area contributed by atoms with E-state index in [0.29, 0.717) is 23.3 Å². The van der Waals surface area contributed by atoms with Crippen molar-refractivity contribution in [1.82, 2.24) is 9.97 Å². The summed E-state index contributed by atoms with van der Waals surface area (Å²) in [5.74, 6) is 0.310. The molecule has 1 aromatic carbocycles. The first-order valence-corrected chi connectivity index (χ1v) is 9.92. The summed E-state index contributed by atoms with van der Waals surface area (Å²) < 4.78 is 0. The summed E-state index contributed by atoms with van der Waals surface area (Å²) in [6.45, 7) is 0.352. The number of anilines is 1. The minimum absolute atomic E-state index is 0.221. The Kier molecular flexibility index (Phi) is 4.61. The molecule has 0 spiro atoms. The summed E-state index contributed by atoms with van der Waals surface area (Å²) in [5.41, 5.74) is 8.45.